The lowest BCUT2D eigenvalue weighted by Crippen LogP contribution is -2.03. The smallest absolute Gasteiger partial charge is 0.142 e. The highest BCUT2D eigenvalue weighted by Crippen LogP contribution is 2.27. The Morgan fingerprint density at radius 2 is 1.43 bits per heavy atom. The molecular formula is C20H18N2O. The third-order valence-corrected chi connectivity index (χ3v) is 3.69. The van der Waals surface area contributed by atoms with Crippen LogP contribution in [-0.2, 0) is 0 Å². The SMILES string of the molecule is COc1cncc(N=C(c2ccccc2)c2ccccc2)c1C. The summed E-state index contributed by atoms with van der Waals surface area (Å²) >= 11 is 0. The molecular weight excluding hydrogens is 284 g/mol. The van der Waals surface area contributed by atoms with Crippen molar-refractivity contribution in [1.29, 1.82) is 0 Å². The number of hydrogen-bond acceptors (Lipinski definition) is 3. The number of ether oxygens (including phenoxy) is 1. The second-order valence-electron chi connectivity index (χ2n) is 5.18. The van der Waals surface area contributed by atoms with E-state index in [1.807, 2.05) is 43.3 Å². The molecule has 0 spiro atoms. The molecule has 0 N–H and O–H groups in total. The second kappa shape index (κ2) is 6.88. The number of aromatic nitrogens is 1. The van der Waals surface area contributed by atoms with Gasteiger partial charge in [0, 0.05) is 16.7 Å². The monoisotopic (exact) mass is 302 g/mol. The van der Waals surface area contributed by atoms with Crippen LogP contribution in [0.2, 0.25) is 0 Å². The highest BCUT2D eigenvalue weighted by Gasteiger charge is 2.09. The molecule has 0 aliphatic carbocycles. The van der Waals surface area contributed by atoms with E-state index in [1.165, 1.54) is 0 Å². The summed E-state index contributed by atoms with van der Waals surface area (Å²) in [7, 11) is 1.65. The zero-order chi connectivity index (χ0) is 16.1. The lowest BCUT2D eigenvalue weighted by Gasteiger charge is -2.10. The van der Waals surface area contributed by atoms with Gasteiger partial charge >= 0.3 is 0 Å². The average Bonchev–Trinajstić information content (AvgIpc) is 2.62. The van der Waals surface area contributed by atoms with Crippen LogP contribution in [0.1, 0.15) is 16.7 Å². The third kappa shape index (κ3) is 3.29. The number of rotatable bonds is 4. The summed E-state index contributed by atoms with van der Waals surface area (Å²) in [5.74, 6) is 0.742. The highest BCUT2D eigenvalue weighted by molar-refractivity contribution is 6.14. The molecule has 2 aromatic carbocycles. The highest BCUT2D eigenvalue weighted by atomic mass is 16.5. The summed E-state index contributed by atoms with van der Waals surface area (Å²) in [6.07, 6.45) is 3.47. The van der Waals surface area contributed by atoms with Crippen molar-refractivity contribution in [1.82, 2.24) is 4.98 Å². The van der Waals surface area contributed by atoms with Gasteiger partial charge in [-0.1, -0.05) is 60.7 Å². The van der Waals surface area contributed by atoms with Gasteiger partial charge in [0.05, 0.1) is 30.9 Å². The Labute approximate surface area is 136 Å². The van der Waals surface area contributed by atoms with E-state index in [0.717, 1.165) is 33.8 Å². The van der Waals surface area contributed by atoms with Crippen molar-refractivity contribution in [2.45, 2.75) is 6.92 Å². The molecule has 0 unspecified atom stereocenters. The van der Waals surface area contributed by atoms with E-state index < -0.39 is 0 Å². The van der Waals surface area contributed by atoms with Crippen LogP contribution >= 0.6 is 0 Å². The first-order valence-electron chi connectivity index (χ1n) is 7.47. The Hall–Kier alpha value is -2.94. The quantitative estimate of drug-likeness (QED) is 0.662. The van der Waals surface area contributed by atoms with Gasteiger partial charge < -0.3 is 4.74 Å². The van der Waals surface area contributed by atoms with Crippen molar-refractivity contribution in [2.75, 3.05) is 7.11 Å². The largest absolute Gasteiger partial charge is 0.495 e. The molecule has 0 fully saturated rings. The van der Waals surface area contributed by atoms with Crippen molar-refractivity contribution >= 4 is 11.4 Å². The molecule has 0 saturated carbocycles. The predicted octanol–water partition coefficient (Wildman–Crippen LogP) is 4.57. The minimum Gasteiger partial charge on any atom is -0.495 e. The fourth-order valence-electron chi connectivity index (χ4n) is 2.42. The Morgan fingerprint density at radius 3 is 1.96 bits per heavy atom. The molecule has 0 aliphatic rings. The molecule has 0 aliphatic heterocycles. The van der Waals surface area contributed by atoms with E-state index in [0.29, 0.717) is 0 Å². The first-order valence-corrected chi connectivity index (χ1v) is 7.47. The summed E-state index contributed by atoms with van der Waals surface area (Å²) in [5.41, 5.74) is 4.85. The van der Waals surface area contributed by atoms with E-state index in [4.69, 9.17) is 9.73 Å². The van der Waals surface area contributed by atoms with Gasteiger partial charge in [-0.2, -0.15) is 0 Å². The number of hydrogen-bond donors (Lipinski definition) is 0. The molecule has 0 bridgehead atoms. The molecule has 0 radical (unpaired) electrons. The summed E-state index contributed by atoms with van der Waals surface area (Å²) < 4.78 is 5.35. The number of nitrogens with zero attached hydrogens (tertiary/aromatic N) is 2. The van der Waals surface area contributed by atoms with Gasteiger partial charge in [-0.05, 0) is 6.92 Å². The Bertz CT molecular complexity index is 770. The maximum absolute atomic E-state index is 5.35. The predicted molar refractivity (Wildman–Crippen MR) is 93.7 cm³/mol. The van der Waals surface area contributed by atoms with Crippen LogP contribution in [0.15, 0.2) is 78.0 Å². The van der Waals surface area contributed by atoms with Gasteiger partial charge in [0.1, 0.15) is 5.75 Å². The number of methoxy groups -OCH3 is 1. The van der Waals surface area contributed by atoms with Crippen LogP contribution < -0.4 is 4.74 Å². The first kappa shape index (κ1) is 15.0. The minimum atomic E-state index is 0.742. The van der Waals surface area contributed by atoms with E-state index in [2.05, 4.69) is 29.2 Å². The van der Waals surface area contributed by atoms with E-state index in [9.17, 15) is 0 Å². The fourth-order valence-corrected chi connectivity index (χ4v) is 2.42. The third-order valence-electron chi connectivity index (χ3n) is 3.69. The van der Waals surface area contributed by atoms with E-state index in [-0.39, 0.29) is 0 Å². The Kier molecular flexibility index (Phi) is 4.48. The first-order chi connectivity index (χ1) is 11.3. The van der Waals surface area contributed by atoms with Crippen LogP contribution in [0.4, 0.5) is 5.69 Å². The molecule has 0 atom stereocenters. The summed E-state index contributed by atoms with van der Waals surface area (Å²) in [4.78, 5) is 9.11. The molecule has 1 aromatic heterocycles. The van der Waals surface area contributed by atoms with Crippen LogP contribution in [0.3, 0.4) is 0 Å². The summed E-state index contributed by atoms with van der Waals surface area (Å²) in [5, 5.41) is 0. The lowest BCUT2D eigenvalue weighted by atomic mass is 10.0. The topological polar surface area (TPSA) is 34.5 Å². The van der Waals surface area contributed by atoms with Crippen molar-refractivity contribution in [2.24, 2.45) is 4.99 Å². The summed E-state index contributed by atoms with van der Waals surface area (Å²) in [6.45, 7) is 1.99. The molecule has 114 valence electrons. The van der Waals surface area contributed by atoms with Crippen molar-refractivity contribution in [3.8, 4) is 5.75 Å². The zero-order valence-corrected chi connectivity index (χ0v) is 13.2. The normalized spacial score (nSPS) is 10.2. The fraction of sp³-hybridized carbons (Fsp3) is 0.100. The number of pyridine rings is 1. The van der Waals surface area contributed by atoms with Gasteiger partial charge in [-0.15, -0.1) is 0 Å². The molecule has 3 aromatic rings. The molecule has 0 saturated heterocycles. The lowest BCUT2D eigenvalue weighted by molar-refractivity contribution is 0.410. The molecule has 23 heavy (non-hydrogen) atoms. The van der Waals surface area contributed by atoms with Crippen LogP contribution in [0.5, 0.6) is 5.75 Å². The van der Waals surface area contributed by atoms with Gasteiger partial charge in [-0.25, -0.2) is 4.99 Å². The van der Waals surface area contributed by atoms with Crippen LogP contribution in [-0.4, -0.2) is 17.8 Å². The Balaban J connectivity index is 2.17. The molecule has 3 heteroatoms. The molecule has 0 amide bonds. The maximum Gasteiger partial charge on any atom is 0.142 e. The molecule has 3 rings (SSSR count). The summed E-state index contributed by atoms with van der Waals surface area (Å²) in [6, 6.07) is 20.3. The van der Waals surface area contributed by atoms with Gasteiger partial charge in [0.15, 0.2) is 0 Å². The van der Waals surface area contributed by atoms with Crippen molar-refractivity contribution < 1.29 is 4.74 Å². The molecule has 1 heterocycles. The maximum atomic E-state index is 5.35. The van der Waals surface area contributed by atoms with E-state index in [1.54, 1.807) is 19.5 Å². The van der Waals surface area contributed by atoms with Crippen LogP contribution in [0.25, 0.3) is 0 Å². The van der Waals surface area contributed by atoms with E-state index >= 15 is 0 Å². The number of aliphatic imine (C=N–C) groups is 1. The van der Waals surface area contributed by atoms with Crippen LogP contribution in [0, 0.1) is 6.92 Å². The average molecular weight is 302 g/mol. The van der Waals surface area contributed by atoms with Gasteiger partial charge in [-0.3, -0.25) is 4.98 Å². The van der Waals surface area contributed by atoms with Crippen molar-refractivity contribution in [3.63, 3.8) is 0 Å². The van der Waals surface area contributed by atoms with Crippen molar-refractivity contribution in [3.05, 3.63) is 89.7 Å². The Morgan fingerprint density at radius 1 is 0.870 bits per heavy atom. The minimum absolute atomic E-state index is 0.742. The second-order valence-corrected chi connectivity index (χ2v) is 5.18. The molecule has 3 nitrogen and oxygen atoms in total. The number of benzene rings is 2. The zero-order valence-electron chi connectivity index (χ0n) is 13.2. The standard InChI is InChI=1S/C20H18N2O/c1-15-18(13-21-14-19(15)23-2)22-20(16-9-5-3-6-10-16)17-11-7-4-8-12-17/h3-14H,1-2H3. The van der Waals surface area contributed by atoms with Gasteiger partial charge in [0.2, 0.25) is 0 Å². The van der Waals surface area contributed by atoms with Gasteiger partial charge in [0.25, 0.3) is 0 Å².